The fourth-order valence-corrected chi connectivity index (χ4v) is 2.60. The van der Waals surface area contributed by atoms with Crippen LogP contribution in [0.5, 0.6) is 0 Å². The van der Waals surface area contributed by atoms with Crippen LogP contribution < -0.4 is 11.3 Å². The van der Waals surface area contributed by atoms with Crippen molar-refractivity contribution in [2.45, 2.75) is 45.6 Å². The van der Waals surface area contributed by atoms with Gasteiger partial charge in [-0.3, -0.25) is 10.5 Å². The predicted molar refractivity (Wildman–Crippen MR) is 75.4 cm³/mol. The van der Waals surface area contributed by atoms with Gasteiger partial charge in [-0.1, -0.05) is 0 Å². The van der Waals surface area contributed by atoms with Gasteiger partial charge in [0.15, 0.2) is 0 Å². The Morgan fingerprint density at radius 3 is 2.84 bits per heavy atom. The molecule has 0 aliphatic carbocycles. The maximum absolute atomic E-state index is 5.68. The van der Waals surface area contributed by atoms with Crippen molar-refractivity contribution in [2.24, 2.45) is 12.9 Å². The minimum atomic E-state index is 0.0966. The summed E-state index contributed by atoms with van der Waals surface area (Å²) >= 11 is 0. The van der Waals surface area contributed by atoms with Gasteiger partial charge < -0.3 is 4.74 Å². The number of nitrogens with one attached hydrogen (secondary N) is 1. The monoisotopic (exact) mass is 264 g/mol. The van der Waals surface area contributed by atoms with Gasteiger partial charge in [-0.2, -0.15) is 5.10 Å². The molecule has 5 heteroatoms. The summed E-state index contributed by atoms with van der Waals surface area (Å²) in [6.45, 7) is 4.97. The summed E-state index contributed by atoms with van der Waals surface area (Å²) in [7, 11) is 1.98. The summed E-state index contributed by atoms with van der Waals surface area (Å²) < 4.78 is 7.62. The second-order valence-electron chi connectivity index (χ2n) is 5.13. The lowest BCUT2D eigenvalue weighted by atomic mass is 10.0. The third-order valence-corrected chi connectivity index (χ3v) is 3.85. The van der Waals surface area contributed by atoms with Gasteiger partial charge in [0.2, 0.25) is 0 Å². The number of aryl methyl sites for hydroxylation is 2. The average molecular weight is 264 g/mol. The van der Waals surface area contributed by atoms with Crippen molar-refractivity contribution < 1.29 is 4.74 Å². The second kappa shape index (κ2) is 6.21. The molecule has 1 unspecified atom stereocenters. The predicted octanol–water partition coefficient (Wildman–Crippen LogP) is 1.50. The van der Waals surface area contributed by atoms with Crippen LogP contribution in [-0.4, -0.2) is 22.4 Å². The fourth-order valence-electron chi connectivity index (χ4n) is 2.60. The summed E-state index contributed by atoms with van der Waals surface area (Å²) in [5.74, 6) is 6.65. The molecule has 1 aliphatic rings. The molecule has 0 aromatic carbocycles. The van der Waals surface area contributed by atoms with Gasteiger partial charge in [-0.25, -0.2) is 5.43 Å². The van der Waals surface area contributed by atoms with E-state index in [0.29, 0.717) is 0 Å². The van der Waals surface area contributed by atoms with E-state index in [1.54, 1.807) is 0 Å². The molecule has 1 atom stereocenters. The Morgan fingerprint density at radius 1 is 1.53 bits per heavy atom. The van der Waals surface area contributed by atoms with Gasteiger partial charge in [0.05, 0.1) is 18.3 Å². The Kier molecular flexibility index (Phi) is 4.61. The minimum absolute atomic E-state index is 0.0966. The summed E-state index contributed by atoms with van der Waals surface area (Å²) in [5, 5.41) is 4.45. The summed E-state index contributed by atoms with van der Waals surface area (Å²) in [6, 6.07) is 0.0966. The highest BCUT2D eigenvalue weighted by atomic mass is 16.5. The summed E-state index contributed by atoms with van der Waals surface area (Å²) in [5.41, 5.74) is 6.52. The third kappa shape index (κ3) is 3.16. The van der Waals surface area contributed by atoms with E-state index in [4.69, 9.17) is 10.6 Å². The van der Waals surface area contributed by atoms with Crippen LogP contribution in [-0.2, 0) is 18.2 Å². The molecule has 0 spiro atoms. The van der Waals surface area contributed by atoms with Crippen molar-refractivity contribution in [3.63, 3.8) is 0 Å². The molecule has 1 aromatic heterocycles. The van der Waals surface area contributed by atoms with Crippen LogP contribution in [0.1, 0.15) is 36.2 Å². The number of ether oxygens (including phenoxy) is 1. The van der Waals surface area contributed by atoms with Crippen LogP contribution in [0, 0.1) is 13.8 Å². The normalized spacial score (nSPS) is 16.9. The second-order valence-corrected chi connectivity index (χ2v) is 5.13. The number of hydrogen-bond acceptors (Lipinski definition) is 4. The van der Waals surface area contributed by atoms with Crippen molar-refractivity contribution >= 4 is 0 Å². The largest absolute Gasteiger partial charge is 0.497 e. The molecule has 2 rings (SSSR count). The number of nitrogens with zero attached hydrogens (tertiary/aromatic N) is 2. The molecule has 0 amide bonds. The lowest BCUT2D eigenvalue weighted by Crippen LogP contribution is -2.38. The molecule has 0 saturated carbocycles. The van der Waals surface area contributed by atoms with E-state index in [-0.39, 0.29) is 6.04 Å². The van der Waals surface area contributed by atoms with E-state index in [1.807, 2.05) is 11.7 Å². The zero-order valence-corrected chi connectivity index (χ0v) is 12.1. The number of rotatable bonds is 5. The SMILES string of the molecule is Cc1nn(C)c(C)c1CCC(NN)C1=CCCCO1. The molecule has 5 nitrogen and oxygen atoms in total. The average Bonchev–Trinajstić information content (AvgIpc) is 2.66. The number of allylic oxidation sites excluding steroid dienone is 1. The number of aromatic nitrogens is 2. The Hall–Kier alpha value is -1.33. The first-order valence-corrected chi connectivity index (χ1v) is 6.91. The fraction of sp³-hybridized carbons (Fsp3) is 0.643. The maximum Gasteiger partial charge on any atom is 0.110 e. The van der Waals surface area contributed by atoms with Gasteiger partial charge in [0, 0.05) is 12.7 Å². The number of hydrazine groups is 1. The lowest BCUT2D eigenvalue weighted by Gasteiger charge is -2.23. The van der Waals surface area contributed by atoms with Gasteiger partial charge in [0.1, 0.15) is 5.76 Å². The first-order valence-electron chi connectivity index (χ1n) is 6.91. The molecule has 0 fully saturated rings. The van der Waals surface area contributed by atoms with Crippen molar-refractivity contribution in [1.29, 1.82) is 0 Å². The number of hydrogen-bond donors (Lipinski definition) is 2. The topological polar surface area (TPSA) is 65.1 Å². The minimum Gasteiger partial charge on any atom is -0.497 e. The van der Waals surface area contributed by atoms with E-state index in [0.717, 1.165) is 43.7 Å². The summed E-state index contributed by atoms with van der Waals surface area (Å²) in [4.78, 5) is 0. The van der Waals surface area contributed by atoms with Gasteiger partial charge >= 0.3 is 0 Å². The molecule has 0 saturated heterocycles. The van der Waals surface area contributed by atoms with Crippen molar-refractivity contribution in [3.05, 3.63) is 28.8 Å². The highest BCUT2D eigenvalue weighted by molar-refractivity contribution is 5.25. The van der Waals surface area contributed by atoms with E-state index in [2.05, 4.69) is 30.4 Å². The van der Waals surface area contributed by atoms with E-state index in [9.17, 15) is 0 Å². The van der Waals surface area contributed by atoms with Crippen molar-refractivity contribution in [1.82, 2.24) is 15.2 Å². The van der Waals surface area contributed by atoms with Gasteiger partial charge in [0.25, 0.3) is 0 Å². The van der Waals surface area contributed by atoms with Crippen LogP contribution in [0.25, 0.3) is 0 Å². The first-order chi connectivity index (χ1) is 9.13. The molecule has 2 heterocycles. The van der Waals surface area contributed by atoms with Crippen LogP contribution >= 0.6 is 0 Å². The third-order valence-electron chi connectivity index (χ3n) is 3.85. The Labute approximate surface area is 114 Å². The molecular formula is C14H24N4O. The molecule has 0 radical (unpaired) electrons. The molecule has 106 valence electrons. The molecule has 19 heavy (non-hydrogen) atoms. The zero-order chi connectivity index (χ0) is 13.8. The highest BCUT2D eigenvalue weighted by Crippen LogP contribution is 2.20. The van der Waals surface area contributed by atoms with Gasteiger partial charge in [-0.15, -0.1) is 0 Å². The van der Waals surface area contributed by atoms with Crippen molar-refractivity contribution in [2.75, 3.05) is 6.61 Å². The maximum atomic E-state index is 5.68. The van der Waals surface area contributed by atoms with Gasteiger partial charge in [-0.05, 0) is 51.2 Å². The standard InChI is InChI=1S/C14H24N4O/c1-10-12(11(2)18(3)17-10)7-8-13(16-15)14-6-4-5-9-19-14/h6,13,16H,4-5,7-9,15H2,1-3H3. The Morgan fingerprint density at radius 2 is 2.32 bits per heavy atom. The van der Waals surface area contributed by atoms with E-state index in [1.165, 1.54) is 11.3 Å². The summed E-state index contributed by atoms with van der Waals surface area (Å²) in [6.07, 6.45) is 6.22. The first kappa shape index (κ1) is 14.1. The lowest BCUT2D eigenvalue weighted by molar-refractivity contribution is 0.165. The molecule has 0 bridgehead atoms. The quantitative estimate of drug-likeness (QED) is 0.625. The Balaban J connectivity index is 2.01. The van der Waals surface area contributed by atoms with E-state index < -0.39 is 0 Å². The van der Waals surface area contributed by atoms with Crippen LogP contribution in [0.4, 0.5) is 0 Å². The Bertz CT molecular complexity index is 464. The van der Waals surface area contributed by atoms with Crippen LogP contribution in [0.15, 0.2) is 11.8 Å². The smallest absolute Gasteiger partial charge is 0.110 e. The molecule has 1 aliphatic heterocycles. The van der Waals surface area contributed by atoms with Crippen LogP contribution in [0.2, 0.25) is 0 Å². The molecule has 1 aromatic rings. The van der Waals surface area contributed by atoms with E-state index >= 15 is 0 Å². The highest BCUT2D eigenvalue weighted by Gasteiger charge is 2.18. The van der Waals surface area contributed by atoms with Crippen molar-refractivity contribution in [3.8, 4) is 0 Å². The zero-order valence-electron chi connectivity index (χ0n) is 12.1. The molecular weight excluding hydrogens is 240 g/mol. The molecule has 3 N–H and O–H groups in total. The number of nitrogens with two attached hydrogens (primary N) is 1. The van der Waals surface area contributed by atoms with Crippen LogP contribution in [0.3, 0.4) is 0 Å².